The van der Waals surface area contributed by atoms with E-state index in [1.165, 1.54) is 122 Å². The SMILES string of the molecule is CCCC/C=C/CCCCCCCCCCCC(=O)O[C@@H](COC(=O)CCCCCCCCCCCCCCCCCC)COP(=O)(O)OC1C(O)C(O)C(O)[C@H](O)C1O. The van der Waals surface area contributed by atoms with Gasteiger partial charge in [-0.2, -0.15) is 0 Å². The van der Waals surface area contributed by atoms with Crippen molar-refractivity contribution < 1.29 is 63.1 Å². The average molecular weight is 879 g/mol. The molecule has 0 amide bonds. The maximum absolute atomic E-state index is 12.8. The largest absolute Gasteiger partial charge is 0.472 e. The highest BCUT2D eigenvalue weighted by Crippen LogP contribution is 2.47. The number of hydrogen-bond acceptors (Lipinski definition) is 12. The van der Waals surface area contributed by atoms with Gasteiger partial charge in [-0.15, -0.1) is 0 Å². The number of phosphoric acid groups is 1. The van der Waals surface area contributed by atoms with E-state index in [1.54, 1.807) is 0 Å². The molecule has 0 saturated heterocycles. The van der Waals surface area contributed by atoms with Gasteiger partial charge in [0.2, 0.25) is 0 Å². The van der Waals surface area contributed by atoms with Crippen LogP contribution in [0.2, 0.25) is 0 Å². The van der Waals surface area contributed by atoms with Crippen molar-refractivity contribution >= 4 is 19.8 Å². The van der Waals surface area contributed by atoms with Gasteiger partial charge >= 0.3 is 19.8 Å². The molecule has 14 heteroatoms. The van der Waals surface area contributed by atoms with E-state index >= 15 is 0 Å². The Morgan fingerprint density at radius 2 is 0.867 bits per heavy atom. The molecule has 354 valence electrons. The Morgan fingerprint density at radius 3 is 1.32 bits per heavy atom. The molecule has 0 aromatic carbocycles. The fourth-order valence-corrected chi connectivity index (χ4v) is 8.42. The van der Waals surface area contributed by atoms with E-state index in [0.717, 1.165) is 51.4 Å². The maximum atomic E-state index is 12.8. The second kappa shape index (κ2) is 37.0. The molecule has 0 aliphatic heterocycles. The lowest BCUT2D eigenvalue weighted by atomic mass is 9.85. The van der Waals surface area contributed by atoms with Crippen molar-refractivity contribution in [3.63, 3.8) is 0 Å². The molecule has 1 rings (SSSR count). The van der Waals surface area contributed by atoms with Crippen molar-refractivity contribution in [3.8, 4) is 0 Å². The minimum atomic E-state index is -5.11. The average Bonchev–Trinajstić information content (AvgIpc) is 3.23. The highest BCUT2D eigenvalue weighted by Gasteiger charge is 2.51. The normalized spacial score (nSPS) is 22.2. The highest BCUT2D eigenvalue weighted by molar-refractivity contribution is 7.47. The van der Waals surface area contributed by atoms with Crippen LogP contribution in [-0.4, -0.2) is 98.3 Å². The number of allylic oxidation sites excluding steroid dienone is 2. The molecule has 1 fully saturated rings. The Morgan fingerprint density at radius 1 is 0.500 bits per heavy atom. The van der Waals surface area contributed by atoms with E-state index in [-0.39, 0.29) is 12.8 Å². The lowest BCUT2D eigenvalue weighted by molar-refractivity contribution is -0.220. The third-order valence-corrected chi connectivity index (χ3v) is 12.3. The van der Waals surface area contributed by atoms with Gasteiger partial charge in [-0.05, 0) is 32.1 Å². The Labute approximate surface area is 363 Å². The molecule has 13 nitrogen and oxygen atoms in total. The van der Waals surface area contributed by atoms with E-state index in [9.17, 15) is 44.6 Å². The molecule has 0 spiro atoms. The van der Waals surface area contributed by atoms with Gasteiger partial charge in [0.1, 0.15) is 43.2 Å². The highest BCUT2D eigenvalue weighted by atomic mass is 31.2. The molecule has 0 aromatic rings. The topological polar surface area (TPSA) is 210 Å². The molecule has 0 bridgehead atoms. The first-order valence-corrected chi connectivity index (χ1v) is 25.5. The van der Waals surface area contributed by atoms with E-state index in [2.05, 4.69) is 26.0 Å². The van der Waals surface area contributed by atoms with E-state index in [0.29, 0.717) is 12.8 Å². The number of rotatable bonds is 40. The van der Waals surface area contributed by atoms with Gasteiger partial charge in [0.05, 0.1) is 6.61 Å². The summed E-state index contributed by atoms with van der Waals surface area (Å²) in [5.41, 5.74) is 0. The first kappa shape index (κ1) is 56.6. The van der Waals surface area contributed by atoms with Crippen LogP contribution >= 0.6 is 7.82 Å². The minimum absolute atomic E-state index is 0.0985. The molecule has 6 unspecified atom stereocenters. The standard InChI is InChI=1S/C46H87O13P/c1-3-5-7-9-11-13-15-17-19-21-22-24-26-28-30-32-34-39(47)56-36-38(37-57-60(54,55)59-46-44(52)42(50)41(49)43(51)45(46)53)58-40(48)35-33-31-29-27-25-23-20-18-16-14-12-10-8-6-4-2/h10,12,38,41-46,49-53H,3-9,11,13-37H2,1-2H3,(H,54,55)/b12-10+/t38-,41?,42-,43?,44?,45?,46?/m0/s1. The molecular formula is C46H87O13P. The van der Waals surface area contributed by atoms with Gasteiger partial charge in [-0.1, -0.05) is 180 Å². The number of unbranched alkanes of at least 4 members (excludes halogenated alkanes) is 26. The number of aliphatic hydroxyl groups excluding tert-OH is 5. The fraction of sp³-hybridized carbons (Fsp3) is 0.913. The van der Waals surface area contributed by atoms with Crippen LogP contribution < -0.4 is 0 Å². The summed E-state index contributed by atoms with van der Waals surface area (Å²) in [6.45, 7) is 3.29. The van der Waals surface area contributed by atoms with Crippen LogP contribution in [-0.2, 0) is 32.7 Å². The summed E-state index contributed by atoms with van der Waals surface area (Å²) >= 11 is 0. The first-order chi connectivity index (χ1) is 28.9. The molecular weight excluding hydrogens is 791 g/mol. The molecule has 8 atom stereocenters. The molecule has 1 saturated carbocycles. The number of ether oxygens (including phenoxy) is 2. The van der Waals surface area contributed by atoms with Crippen molar-refractivity contribution in [2.24, 2.45) is 0 Å². The Bertz CT molecular complexity index is 1110. The van der Waals surface area contributed by atoms with Crippen molar-refractivity contribution in [1.29, 1.82) is 0 Å². The monoisotopic (exact) mass is 879 g/mol. The first-order valence-electron chi connectivity index (χ1n) is 24.0. The zero-order valence-corrected chi connectivity index (χ0v) is 38.4. The summed E-state index contributed by atoms with van der Waals surface area (Å²) in [5, 5.41) is 50.2. The molecule has 6 N–H and O–H groups in total. The fourth-order valence-electron chi connectivity index (χ4n) is 7.45. The maximum Gasteiger partial charge on any atom is 0.472 e. The summed E-state index contributed by atoms with van der Waals surface area (Å²) in [4.78, 5) is 35.7. The number of aliphatic hydroxyl groups is 5. The van der Waals surface area contributed by atoms with Crippen LogP contribution in [0, 0.1) is 0 Å². The van der Waals surface area contributed by atoms with Gasteiger partial charge < -0.3 is 39.9 Å². The second-order valence-corrected chi connectivity index (χ2v) is 18.4. The summed E-state index contributed by atoms with van der Waals surface area (Å²) in [6.07, 6.45) is 25.5. The summed E-state index contributed by atoms with van der Waals surface area (Å²) in [6, 6.07) is 0. The minimum Gasteiger partial charge on any atom is -0.462 e. The van der Waals surface area contributed by atoms with E-state index < -0.39 is 75.7 Å². The molecule has 1 aliphatic rings. The van der Waals surface area contributed by atoms with Gasteiger partial charge in [0.25, 0.3) is 0 Å². The third kappa shape index (κ3) is 29.0. The zero-order chi connectivity index (χ0) is 44.3. The van der Waals surface area contributed by atoms with Crippen LogP contribution in [0.3, 0.4) is 0 Å². The van der Waals surface area contributed by atoms with Gasteiger partial charge in [0, 0.05) is 12.8 Å². The third-order valence-electron chi connectivity index (χ3n) is 11.4. The lowest BCUT2D eigenvalue weighted by Crippen LogP contribution is -2.64. The second-order valence-electron chi connectivity index (χ2n) is 17.0. The van der Waals surface area contributed by atoms with E-state index in [4.69, 9.17) is 18.5 Å². The van der Waals surface area contributed by atoms with Gasteiger partial charge in [0.15, 0.2) is 6.10 Å². The van der Waals surface area contributed by atoms with Gasteiger partial charge in [-0.3, -0.25) is 18.6 Å². The number of carbonyl (C=O) groups excluding carboxylic acids is 2. The molecule has 0 aromatic heterocycles. The number of esters is 2. The molecule has 0 heterocycles. The smallest absolute Gasteiger partial charge is 0.462 e. The quantitative estimate of drug-likeness (QED) is 0.0147. The van der Waals surface area contributed by atoms with Crippen LogP contribution in [0.5, 0.6) is 0 Å². The number of phosphoric ester groups is 1. The molecule has 1 aliphatic carbocycles. The summed E-state index contributed by atoms with van der Waals surface area (Å²) in [7, 11) is -5.11. The van der Waals surface area contributed by atoms with Crippen LogP contribution in [0.4, 0.5) is 0 Å². The van der Waals surface area contributed by atoms with Crippen molar-refractivity contribution in [1.82, 2.24) is 0 Å². The predicted molar refractivity (Wildman–Crippen MR) is 235 cm³/mol. The summed E-state index contributed by atoms with van der Waals surface area (Å²) in [5.74, 6) is -1.09. The number of hydrogen-bond donors (Lipinski definition) is 6. The zero-order valence-electron chi connectivity index (χ0n) is 37.5. The Balaban J connectivity index is 2.43. The van der Waals surface area contributed by atoms with Gasteiger partial charge in [-0.25, -0.2) is 4.57 Å². The van der Waals surface area contributed by atoms with E-state index in [1.807, 2.05) is 0 Å². The molecule has 0 radical (unpaired) electrons. The van der Waals surface area contributed by atoms with Crippen LogP contribution in [0.1, 0.15) is 213 Å². The van der Waals surface area contributed by atoms with Crippen LogP contribution in [0.15, 0.2) is 12.2 Å². The number of carbonyl (C=O) groups is 2. The molecule has 60 heavy (non-hydrogen) atoms. The Kier molecular flexibility index (Phi) is 34.9. The van der Waals surface area contributed by atoms with Crippen molar-refractivity contribution in [2.75, 3.05) is 13.2 Å². The Hall–Kier alpha value is -1.41. The van der Waals surface area contributed by atoms with Crippen molar-refractivity contribution in [3.05, 3.63) is 12.2 Å². The van der Waals surface area contributed by atoms with Crippen LogP contribution in [0.25, 0.3) is 0 Å². The lowest BCUT2D eigenvalue weighted by Gasteiger charge is -2.41. The van der Waals surface area contributed by atoms with Crippen molar-refractivity contribution in [2.45, 2.75) is 256 Å². The predicted octanol–water partition coefficient (Wildman–Crippen LogP) is 9.45. The summed E-state index contributed by atoms with van der Waals surface area (Å²) < 4.78 is 33.6.